The second-order valence-corrected chi connectivity index (χ2v) is 5.66. The van der Waals surface area contributed by atoms with E-state index >= 15 is 0 Å². The number of nitrogens with zero attached hydrogens (tertiary/aromatic N) is 1. The topological polar surface area (TPSA) is 23.5 Å². The van der Waals surface area contributed by atoms with Crippen molar-refractivity contribution in [1.29, 1.82) is 0 Å². The first-order valence-electron chi connectivity index (χ1n) is 6.41. The van der Waals surface area contributed by atoms with Crippen LogP contribution in [0, 0.1) is 5.82 Å². The van der Waals surface area contributed by atoms with Gasteiger partial charge in [0.05, 0.1) is 11.8 Å². The van der Waals surface area contributed by atoms with Gasteiger partial charge in [-0.2, -0.15) is 0 Å². The van der Waals surface area contributed by atoms with Crippen molar-refractivity contribution in [1.82, 2.24) is 0 Å². The van der Waals surface area contributed by atoms with E-state index in [1.165, 1.54) is 6.07 Å². The monoisotopic (exact) mass is 337 g/mol. The number of hydrogen-bond acceptors (Lipinski definition) is 2. The summed E-state index contributed by atoms with van der Waals surface area (Å²) in [7, 11) is 1.82. The van der Waals surface area contributed by atoms with Crippen LogP contribution in [-0.2, 0) is 6.54 Å². The van der Waals surface area contributed by atoms with Crippen molar-refractivity contribution in [3.8, 4) is 0 Å². The number of aliphatic hydroxyl groups excluding tert-OH is 1. The summed E-state index contributed by atoms with van der Waals surface area (Å²) in [5, 5.41) is 9.80. The van der Waals surface area contributed by atoms with Gasteiger partial charge >= 0.3 is 0 Å². The van der Waals surface area contributed by atoms with Crippen LogP contribution >= 0.6 is 15.9 Å². The fourth-order valence-corrected chi connectivity index (χ4v) is 2.64. The molecular formula is C16H17BrFNO. The summed E-state index contributed by atoms with van der Waals surface area (Å²) >= 11 is 3.49. The van der Waals surface area contributed by atoms with Gasteiger partial charge in [-0.3, -0.25) is 0 Å². The van der Waals surface area contributed by atoms with E-state index < -0.39 is 6.10 Å². The van der Waals surface area contributed by atoms with Crippen LogP contribution in [0.15, 0.2) is 46.9 Å². The molecule has 1 atom stereocenters. The van der Waals surface area contributed by atoms with Crippen LogP contribution in [0.1, 0.15) is 24.2 Å². The van der Waals surface area contributed by atoms with Gasteiger partial charge in [0, 0.05) is 23.6 Å². The first-order chi connectivity index (χ1) is 9.50. The highest BCUT2D eigenvalue weighted by atomic mass is 79.9. The molecule has 1 N–H and O–H groups in total. The van der Waals surface area contributed by atoms with Gasteiger partial charge in [-0.15, -0.1) is 0 Å². The van der Waals surface area contributed by atoms with E-state index in [2.05, 4.69) is 15.9 Å². The molecule has 2 rings (SSSR count). The molecule has 0 saturated carbocycles. The van der Waals surface area contributed by atoms with E-state index in [4.69, 9.17) is 0 Å². The predicted octanol–water partition coefficient (Wildman–Crippen LogP) is 4.28. The summed E-state index contributed by atoms with van der Waals surface area (Å²) in [6, 6.07) is 12.6. The minimum absolute atomic E-state index is 0.321. The maximum absolute atomic E-state index is 14.1. The summed E-state index contributed by atoms with van der Waals surface area (Å²) in [6.07, 6.45) is -0.706. The van der Waals surface area contributed by atoms with Gasteiger partial charge in [-0.25, -0.2) is 4.39 Å². The van der Waals surface area contributed by atoms with Crippen LogP contribution in [0.25, 0.3) is 0 Å². The number of benzene rings is 2. The van der Waals surface area contributed by atoms with Crippen molar-refractivity contribution in [2.75, 3.05) is 11.9 Å². The molecule has 0 aliphatic rings. The maximum Gasteiger partial charge on any atom is 0.146 e. The Kier molecular flexibility index (Phi) is 4.78. The second-order valence-electron chi connectivity index (χ2n) is 4.80. The molecule has 0 amide bonds. The molecule has 0 saturated heterocycles. The standard InChI is InChI=1S/C16H17BrFNO/c1-11(20)13-7-5-9-15(18)16(13)19(2)10-12-6-3-4-8-14(12)17/h3-9,11,20H,10H2,1-2H3/t11-/m0/s1. The molecule has 0 fully saturated rings. The van der Waals surface area contributed by atoms with Gasteiger partial charge in [-0.1, -0.05) is 46.3 Å². The highest BCUT2D eigenvalue weighted by Crippen LogP contribution is 2.30. The molecule has 0 radical (unpaired) electrons. The van der Waals surface area contributed by atoms with Crippen LogP contribution in [0.4, 0.5) is 10.1 Å². The van der Waals surface area contributed by atoms with Crippen LogP contribution in [0.5, 0.6) is 0 Å². The Hall–Kier alpha value is -1.39. The zero-order valence-corrected chi connectivity index (χ0v) is 13.1. The highest BCUT2D eigenvalue weighted by Gasteiger charge is 2.16. The third-order valence-corrected chi connectivity index (χ3v) is 3.99. The van der Waals surface area contributed by atoms with Crippen LogP contribution in [0.3, 0.4) is 0 Å². The van der Waals surface area contributed by atoms with E-state index in [1.807, 2.05) is 36.2 Å². The molecule has 0 aliphatic heterocycles. The minimum Gasteiger partial charge on any atom is -0.389 e. The lowest BCUT2D eigenvalue weighted by Gasteiger charge is -2.24. The normalized spacial score (nSPS) is 12.2. The van der Waals surface area contributed by atoms with Crippen molar-refractivity contribution >= 4 is 21.6 Å². The Labute approximate surface area is 127 Å². The van der Waals surface area contributed by atoms with Crippen molar-refractivity contribution in [3.63, 3.8) is 0 Å². The number of para-hydroxylation sites is 1. The number of anilines is 1. The fourth-order valence-electron chi connectivity index (χ4n) is 2.23. The quantitative estimate of drug-likeness (QED) is 0.900. The molecular weight excluding hydrogens is 321 g/mol. The number of aliphatic hydroxyl groups is 1. The maximum atomic E-state index is 14.1. The molecule has 106 valence electrons. The lowest BCUT2D eigenvalue weighted by atomic mass is 10.1. The second kappa shape index (κ2) is 6.37. The third kappa shape index (κ3) is 3.19. The van der Waals surface area contributed by atoms with E-state index in [0.717, 1.165) is 10.0 Å². The Morgan fingerprint density at radius 1 is 1.20 bits per heavy atom. The highest BCUT2D eigenvalue weighted by molar-refractivity contribution is 9.10. The Balaban J connectivity index is 2.34. The Morgan fingerprint density at radius 2 is 1.90 bits per heavy atom. The number of hydrogen-bond donors (Lipinski definition) is 1. The van der Waals surface area contributed by atoms with Gasteiger partial charge in [0.25, 0.3) is 0 Å². The van der Waals surface area contributed by atoms with Gasteiger partial charge in [0.1, 0.15) is 5.82 Å². The fraction of sp³-hybridized carbons (Fsp3) is 0.250. The van der Waals surface area contributed by atoms with Crippen LogP contribution in [-0.4, -0.2) is 12.2 Å². The molecule has 2 aromatic carbocycles. The zero-order chi connectivity index (χ0) is 14.7. The van der Waals surface area contributed by atoms with Gasteiger partial charge < -0.3 is 10.0 Å². The SMILES string of the molecule is C[C@H](O)c1cccc(F)c1N(C)Cc1ccccc1Br. The summed E-state index contributed by atoms with van der Waals surface area (Å²) < 4.78 is 15.1. The molecule has 0 heterocycles. The largest absolute Gasteiger partial charge is 0.389 e. The summed E-state index contributed by atoms with van der Waals surface area (Å²) in [4.78, 5) is 1.82. The molecule has 0 unspecified atom stereocenters. The summed E-state index contributed by atoms with van der Waals surface area (Å²) in [5.74, 6) is -0.321. The molecule has 2 aromatic rings. The molecule has 0 aliphatic carbocycles. The van der Waals surface area contributed by atoms with Crippen molar-refractivity contribution in [3.05, 3.63) is 63.9 Å². The first kappa shape index (κ1) is 15.0. The van der Waals surface area contributed by atoms with E-state index in [1.54, 1.807) is 19.1 Å². The van der Waals surface area contributed by atoms with Crippen LogP contribution < -0.4 is 4.90 Å². The lowest BCUT2D eigenvalue weighted by Crippen LogP contribution is -2.20. The molecule has 2 nitrogen and oxygen atoms in total. The summed E-state index contributed by atoms with van der Waals surface area (Å²) in [5.41, 5.74) is 2.10. The van der Waals surface area contributed by atoms with Crippen molar-refractivity contribution in [2.45, 2.75) is 19.6 Å². The molecule has 0 aromatic heterocycles. The smallest absolute Gasteiger partial charge is 0.146 e. The number of halogens is 2. The van der Waals surface area contributed by atoms with E-state index in [9.17, 15) is 9.50 Å². The molecule has 20 heavy (non-hydrogen) atoms. The summed E-state index contributed by atoms with van der Waals surface area (Å²) in [6.45, 7) is 2.20. The van der Waals surface area contributed by atoms with Gasteiger partial charge in [-0.05, 0) is 24.6 Å². The molecule has 0 bridgehead atoms. The van der Waals surface area contributed by atoms with Crippen LogP contribution in [0.2, 0.25) is 0 Å². The third-order valence-electron chi connectivity index (χ3n) is 3.22. The average Bonchev–Trinajstić information content (AvgIpc) is 2.40. The Bertz CT molecular complexity index is 601. The van der Waals surface area contributed by atoms with E-state index in [0.29, 0.717) is 17.8 Å². The van der Waals surface area contributed by atoms with Gasteiger partial charge in [0.15, 0.2) is 0 Å². The molecule has 0 spiro atoms. The lowest BCUT2D eigenvalue weighted by molar-refractivity contribution is 0.199. The van der Waals surface area contributed by atoms with Crippen molar-refractivity contribution < 1.29 is 9.50 Å². The Morgan fingerprint density at radius 3 is 2.55 bits per heavy atom. The minimum atomic E-state index is -0.706. The predicted molar refractivity (Wildman–Crippen MR) is 83.3 cm³/mol. The average molecular weight is 338 g/mol. The molecule has 4 heteroatoms. The van der Waals surface area contributed by atoms with Crippen molar-refractivity contribution in [2.24, 2.45) is 0 Å². The first-order valence-corrected chi connectivity index (χ1v) is 7.21. The number of rotatable bonds is 4. The van der Waals surface area contributed by atoms with Gasteiger partial charge in [0.2, 0.25) is 0 Å². The van der Waals surface area contributed by atoms with E-state index in [-0.39, 0.29) is 5.82 Å². The zero-order valence-electron chi connectivity index (χ0n) is 11.5.